The molecule has 0 saturated heterocycles. The number of aryl methyl sites for hydroxylation is 2. The van der Waals surface area contributed by atoms with Crippen LogP contribution in [0.3, 0.4) is 0 Å². The molecule has 15 heavy (non-hydrogen) atoms. The summed E-state index contributed by atoms with van der Waals surface area (Å²) in [5, 5.41) is 2.02. The second kappa shape index (κ2) is 5.82. The fourth-order valence-electron chi connectivity index (χ4n) is 1.04. The van der Waals surface area contributed by atoms with E-state index in [1.807, 2.05) is 19.2 Å². The number of hydrazine groups is 1. The van der Waals surface area contributed by atoms with Gasteiger partial charge in [-0.05, 0) is 24.8 Å². The first kappa shape index (κ1) is 12.1. The molecular weight excluding hydrogens is 236 g/mol. The molecule has 1 rings (SSSR count). The van der Waals surface area contributed by atoms with E-state index in [4.69, 9.17) is 16.3 Å². The number of rotatable bonds is 4. The fourth-order valence-corrected chi connectivity index (χ4v) is 1.92. The van der Waals surface area contributed by atoms with Crippen LogP contribution in [0.2, 0.25) is 0 Å². The van der Waals surface area contributed by atoms with Gasteiger partial charge >= 0.3 is 6.09 Å². The molecule has 0 aliphatic carbocycles. The lowest BCUT2D eigenvalue weighted by Crippen LogP contribution is -2.30. The van der Waals surface area contributed by atoms with E-state index in [0.29, 0.717) is 5.88 Å². The van der Waals surface area contributed by atoms with Crippen molar-refractivity contribution >= 4 is 34.7 Å². The minimum atomic E-state index is -0.527. The molecule has 84 valence electrons. The van der Waals surface area contributed by atoms with Gasteiger partial charge < -0.3 is 4.74 Å². The zero-order valence-electron chi connectivity index (χ0n) is 8.59. The number of hydrogen-bond donors (Lipinski definition) is 2. The molecule has 1 amide bonds. The largest absolute Gasteiger partial charge is 0.447 e. The number of carbonyl (C=O) groups excluding carboxylic acids is 1. The Morgan fingerprint density at radius 2 is 2.33 bits per heavy atom. The SMILES string of the molecule is Cc1csc(C)c1NNC(=O)OCCCl. The predicted octanol–water partition coefficient (Wildman–Crippen LogP) is 2.66. The van der Waals surface area contributed by atoms with Crippen LogP contribution in [-0.4, -0.2) is 18.6 Å². The Balaban J connectivity index is 2.40. The average molecular weight is 249 g/mol. The summed E-state index contributed by atoms with van der Waals surface area (Å²) in [5.41, 5.74) is 7.26. The number of carbonyl (C=O) groups is 1. The number of alkyl halides is 1. The maximum atomic E-state index is 11.1. The molecule has 0 aliphatic rings. The Bertz CT molecular complexity index is 321. The zero-order valence-corrected chi connectivity index (χ0v) is 10.2. The molecule has 2 N–H and O–H groups in total. The molecule has 0 fully saturated rings. The fraction of sp³-hybridized carbons (Fsp3) is 0.444. The molecule has 0 spiro atoms. The summed E-state index contributed by atoms with van der Waals surface area (Å²) in [6.07, 6.45) is -0.527. The number of halogens is 1. The third kappa shape index (κ3) is 3.60. The monoisotopic (exact) mass is 248 g/mol. The van der Waals surface area contributed by atoms with Crippen LogP contribution < -0.4 is 10.9 Å². The standard InChI is InChI=1S/C9H13ClN2O2S/c1-6-5-15-7(2)8(6)11-12-9(13)14-4-3-10/h5,11H,3-4H2,1-2H3,(H,12,13). The number of hydrogen-bond acceptors (Lipinski definition) is 4. The van der Waals surface area contributed by atoms with Gasteiger partial charge in [0.1, 0.15) is 6.61 Å². The van der Waals surface area contributed by atoms with Gasteiger partial charge in [0.25, 0.3) is 0 Å². The number of amides is 1. The summed E-state index contributed by atoms with van der Waals surface area (Å²) in [6, 6.07) is 0. The summed E-state index contributed by atoms with van der Waals surface area (Å²) in [4.78, 5) is 12.2. The van der Waals surface area contributed by atoms with Gasteiger partial charge in [0.2, 0.25) is 0 Å². The lowest BCUT2D eigenvalue weighted by atomic mass is 10.3. The molecule has 0 unspecified atom stereocenters. The lowest BCUT2D eigenvalue weighted by molar-refractivity contribution is 0.155. The molecule has 1 aromatic heterocycles. The van der Waals surface area contributed by atoms with Crippen LogP contribution in [0.1, 0.15) is 10.4 Å². The second-order valence-corrected chi connectivity index (χ2v) is 4.39. The van der Waals surface area contributed by atoms with Crippen LogP contribution in [0.25, 0.3) is 0 Å². The highest BCUT2D eigenvalue weighted by atomic mass is 35.5. The number of nitrogens with one attached hydrogen (secondary N) is 2. The Kier molecular flexibility index (Phi) is 4.71. The second-order valence-electron chi connectivity index (χ2n) is 2.92. The number of thiophene rings is 1. The van der Waals surface area contributed by atoms with E-state index in [2.05, 4.69) is 10.9 Å². The number of anilines is 1. The third-order valence-corrected chi connectivity index (χ3v) is 2.94. The smallest absolute Gasteiger partial charge is 0.425 e. The van der Waals surface area contributed by atoms with Crippen LogP contribution in [0.5, 0.6) is 0 Å². The van der Waals surface area contributed by atoms with Gasteiger partial charge in [-0.1, -0.05) is 0 Å². The van der Waals surface area contributed by atoms with Crippen molar-refractivity contribution in [1.29, 1.82) is 0 Å². The van der Waals surface area contributed by atoms with Crippen molar-refractivity contribution < 1.29 is 9.53 Å². The summed E-state index contributed by atoms with van der Waals surface area (Å²) in [5.74, 6) is 0.296. The van der Waals surface area contributed by atoms with Crippen molar-refractivity contribution in [2.24, 2.45) is 0 Å². The Morgan fingerprint density at radius 1 is 1.60 bits per heavy atom. The first-order valence-corrected chi connectivity index (χ1v) is 5.86. The molecule has 1 aromatic rings. The van der Waals surface area contributed by atoms with Crippen molar-refractivity contribution in [1.82, 2.24) is 5.43 Å². The molecule has 0 saturated carbocycles. The minimum Gasteiger partial charge on any atom is -0.447 e. The molecule has 0 radical (unpaired) electrons. The molecule has 0 atom stereocenters. The van der Waals surface area contributed by atoms with Gasteiger partial charge in [0, 0.05) is 4.88 Å². The third-order valence-electron chi connectivity index (χ3n) is 1.76. The maximum absolute atomic E-state index is 11.1. The van der Waals surface area contributed by atoms with Gasteiger partial charge in [0.05, 0.1) is 11.6 Å². The first-order valence-electron chi connectivity index (χ1n) is 4.44. The van der Waals surface area contributed by atoms with E-state index in [-0.39, 0.29) is 6.61 Å². The van der Waals surface area contributed by atoms with Crippen LogP contribution in [-0.2, 0) is 4.74 Å². The molecule has 0 aromatic carbocycles. The Hall–Kier alpha value is -0.940. The van der Waals surface area contributed by atoms with Gasteiger partial charge in [-0.15, -0.1) is 22.9 Å². The van der Waals surface area contributed by atoms with Crippen LogP contribution in [0.4, 0.5) is 10.5 Å². The van der Waals surface area contributed by atoms with E-state index in [0.717, 1.165) is 16.1 Å². The summed E-state index contributed by atoms with van der Waals surface area (Å²) < 4.78 is 4.73. The molecule has 0 bridgehead atoms. The highest BCUT2D eigenvalue weighted by Gasteiger charge is 2.06. The van der Waals surface area contributed by atoms with Crippen LogP contribution in [0.15, 0.2) is 5.38 Å². The van der Waals surface area contributed by atoms with Crippen LogP contribution >= 0.6 is 22.9 Å². The Labute approximate surface area is 97.5 Å². The van der Waals surface area contributed by atoms with Crippen molar-refractivity contribution in [2.45, 2.75) is 13.8 Å². The van der Waals surface area contributed by atoms with Gasteiger partial charge in [0.15, 0.2) is 0 Å². The van der Waals surface area contributed by atoms with Crippen molar-refractivity contribution in [3.05, 3.63) is 15.8 Å². The molecule has 1 heterocycles. The summed E-state index contributed by atoms with van der Waals surface area (Å²) in [6.45, 7) is 4.15. The minimum absolute atomic E-state index is 0.205. The molecule has 4 nitrogen and oxygen atoms in total. The topological polar surface area (TPSA) is 50.4 Å². The predicted molar refractivity (Wildman–Crippen MR) is 62.6 cm³/mol. The van der Waals surface area contributed by atoms with Gasteiger partial charge in [-0.25, -0.2) is 10.2 Å². The maximum Gasteiger partial charge on any atom is 0.425 e. The van der Waals surface area contributed by atoms with E-state index < -0.39 is 6.09 Å². The van der Waals surface area contributed by atoms with E-state index in [9.17, 15) is 4.79 Å². The van der Waals surface area contributed by atoms with E-state index >= 15 is 0 Å². The summed E-state index contributed by atoms with van der Waals surface area (Å²) in [7, 11) is 0. The summed E-state index contributed by atoms with van der Waals surface area (Å²) >= 11 is 7.00. The molecule has 0 aliphatic heterocycles. The molecular formula is C9H13ClN2O2S. The lowest BCUT2D eigenvalue weighted by Gasteiger charge is -2.09. The van der Waals surface area contributed by atoms with Crippen molar-refractivity contribution in [3.63, 3.8) is 0 Å². The van der Waals surface area contributed by atoms with E-state index in [1.165, 1.54) is 0 Å². The highest BCUT2D eigenvalue weighted by molar-refractivity contribution is 7.10. The van der Waals surface area contributed by atoms with E-state index in [1.54, 1.807) is 11.3 Å². The van der Waals surface area contributed by atoms with Crippen molar-refractivity contribution in [3.8, 4) is 0 Å². The zero-order chi connectivity index (χ0) is 11.3. The quantitative estimate of drug-likeness (QED) is 0.636. The first-order chi connectivity index (χ1) is 7.15. The average Bonchev–Trinajstić information content (AvgIpc) is 2.53. The normalized spacial score (nSPS) is 9.80. The molecule has 6 heteroatoms. The van der Waals surface area contributed by atoms with Crippen LogP contribution in [0, 0.1) is 13.8 Å². The van der Waals surface area contributed by atoms with Gasteiger partial charge in [-0.3, -0.25) is 5.43 Å². The van der Waals surface area contributed by atoms with Gasteiger partial charge in [-0.2, -0.15) is 0 Å². The highest BCUT2D eigenvalue weighted by Crippen LogP contribution is 2.25. The number of ether oxygens (including phenoxy) is 1. The Morgan fingerprint density at radius 3 is 2.87 bits per heavy atom. The van der Waals surface area contributed by atoms with Crippen molar-refractivity contribution in [2.75, 3.05) is 17.9 Å².